The van der Waals surface area contributed by atoms with E-state index in [9.17, 15) is 8.42 Å². The summed E-state index contributed by atoms with van der Waals surface area (Å²) in [5.41, 5.74) is 0.653. The molecule has 0 N–H and O–H groups in total. The van der Waals surface area contributed by atoms with E-state index in [1.54, 1.807) is 31.4 Å². The summed E-state index contributed by atoms with van der Waals surface area (Å²) >= 11 is 5.92. The van der Waals surface area contributed by atoms with Gasteiger partial charge < -0.3 is 4.57 Å². The molecule has 6 nitrogen and oxygen atoms in total. The van der Waals surface area contributed by atoms with Crippen LogP contribution < -0.4 is 0 Å². The zero-order valence-corrected chi connectivity index (χ0v) is 12.1. The van der Waals surface area contributed by atoms with Gasteiger partial charge in [-0.3, -0.25) is 4.98 Å². The molecule has 0 aliphatic rings. The molecule has 0 atom stereocenters. The summed E-state index contributed by atoms with van der Waals surface area (Å²) in [5, 5.41) is -0.0528. The van der Waals surface area contributed by atoms with Crippen molar-refractivity contribution in [2.45, 2.75) is 11.6 Å². The first kappa shape index (κ1) is 14.0. The van der Waals surface area contributed by atoms with E-state index in [4.69, 9.17) is 11.6 Å². The monoisotopic (exact) mass is 300 g/mol. The van der Waals surface area contributed by atoms with Gasteiger partial charge in [0.25, 0.3) is 10.0 Å². The molecule has 19 heavy (non-hydrogen) atoms. The van der Waals surface area contributed by atoms with Crippen molar-refractivity contribution in [1.82, 2.24) is 18.8 Å². The average Bonchev–Trinajstić information content (AvgIpc) is 2.71. The molecule has 0 amide bonds. The van der Waals surface area contributed by atoms with Crippen LogP contribution in [0, 0.1) is 0 Å². The first-order valence-electron chi connectivity index (χ1n) is 5.46. The molecule has 2 aromatic rings. The van der Waals surface area contributed by atoms with E-state index >= 15 is 0 Å². The third-order valence-corrected chi connectivity index (χ3v) is 4.89. The van der Waals surface area contributed by atoms with Gasteiger partial charge in [0.1, 0.15) is 5.15 Å². The van der Waals surface area contributed by atoms with Crippen molar-refractivity contribution in [2.24, 2.45) is 7.05 Å². The van der Waals surface area contributed by atoms with Gasteiger partial charge in [-0.25, -0.2) is 13.4 Å². The summed E-state index contributed by atoms with van der Waals surface area (Å²) < 4.78 is 27.2. The molecule has 2 rings (SSSR count). The molecular weight excluding hydrogens is 288 g/mol. The van der Waals surface area contributed by atoms with E-state index in [-0.39, 0.29) is 16.7 Å². The fourth-order valence-electron chi connectivity index (χ4n) is 1.52. The maximum atomic E-state index is 12.3. The molecule has 0 fully saturated rings. The van der Waals surface area contributed by atoms with Gasteiger partial charge in [-0.1, -0.05) is 17.7 Å². The average molecular weight is 301 g/mol. The number of sulfonamides is 1. The molecule has 102 valence electrons. The van der Waals surface area contributed by atoms with Crippen LogP contribution in [0.1, 0.15) is 5.69 Å². The molecule has 0 aliphatic heterocycles. The molecule has 0 bridgehead atoms. The van der Waals surface area contributed by atoms with E-state index in [1.807, 2.05) is 0 Å². The van der Waals surface area contributed by atoms with Crippen LogP contribution in [0.15, 0.2) is 35.7 Å². The van der Waals surface area contributed by atoms with Gasteiger partial charge >= 0.3 is 0 Å². The van der Waals surface area contributed by atoms with Crippen molar-refractivity contribution in [1.29, 1.82) is 0 Å². The second-order valence-corrected chi connectivity index (χ2v) is 6.35. The van der Waals surface area contributed by atoms with Gasteiger partial charge in [0.15, 0.2) is 0 Å². The molecule has 0 radical (unpaired) electrons. The summed E-state index contributed by atoms with van der Waals surface area (Å²) in [5.74, 6) is 0. The van der Waals surface area contributed by atoms with Crippen molar-refractivity contribution >= 4 is 21.6 Å². The van der Waals surface area contributed by atoms with Crippen molar-refractivity contribution in [3.8, 4) is 0 Å². The molecule has 2 heterocycles. The highest BCUT2D eigenvalue weighted by molar-refractivity contribution is 7.89. The maximum Gasteiger partial charge on any atom is 0.263 e. The highest BCUT2D eigenvalue weighted by Gasteiger charge is 2.27. The molecule has 0 unspecified atom stereocenters. The Hall–Kier alpha value is -1.44. The molecule has 0 saturated heterocycles. The number of imidazole rings is 1. The summed E-state index contributed by atoms with van der Waals surface area (Å²) in [7, 11) is -0.618. The summed E-state index contributed by atoms with van der Waals surface area (Å²) in [6, 6.07) is 5.33. The van der Waals surface area contributed by atoms with Gasteiger partial charge in [-0.15, -0.1) is 0 Å². The van der Waals surface area contributed by atoms with Gasteiger partial charge in [0.2, 0.25) is 5.03 Å². The van der Waals surface area contributed by atoms with E-state index in [1.165, 1.54) is 22.2 Å². The van der Waals surface area contributed by atoms with Crippen LogP contribution in [0.4, 0.5) is 0 Å². The number of pyridine rings is 1. The lowest BCUT2D eigenvalue weighted by molar-refractivity contribution is 0.460. The lowest BCUT2D eigenvalue weighted by Gasteiger charge is -2.15. The number of aromatic nitrogens is 3. The van der Waals surface area contributed by atoms with Crippen LogP contribution in [-0.2, 0) is 23.6 Å². The number of hydrogen-bond donors (Lipinski definition) is 0. The summed E-state index contributed by atoms with van der Waals surface area (Å²) in [6.45, 7) is 0.163. The second kappa shape index (κ2) is 5.28. The second-order valence-electron chi connectivity index (χ2n) is 4.03. The Labute approximate surface area is 116 Å². The predicted octanol–water partition coefficient (Wildman–Crippen LogP) is 1.29. The lowest BCUT2D eigenvalue weighted by Crippen LogP contribution is -2.27. The predicted molar refractivity (Wildman–Crippen MR) is 71.1 cm³/mol. The zero-order valence-electron chi connectivity index (χ0n) is 10.5. The van der Waals surface area contributed by atoms with Crippen LogP contribution in [0.2, 0.25) is 5.15 Å². The van der Waals surface area contributed by atoms with E-state index in [0.717, 1.165) is 0 Å². The third-order valence-electron chi connectivity index (χ3n) is 2.60. The number of hydrogen-bond acceptors (Lipinski definition) is 4. The minimum absolute atomic E-state index is 0.0906. The van der Waals surface area contributed by atoms with Crippen molar-refractivity contribution in [2.75, 3.05) is 7.05 Å². The Morgan fingerprint density at radius 1 is 1.37 bits per heavy atom. The Morgan fingerprint density at radius 2 is 2.11 bits per heavy atom. The van der Waals surface area contributed by atoms with Gasteiger partial charge in [-0.2, -0.15) is 4.31 Å². The number of aryl methyl sites for hydroxylation is 1. The van der Waals surface area contributed by atoms with Gasteiger partial charge in [0.05, 0.1) is 18.6 Å². The lowest BCUT2D eigenvalue weighted by atomic mass is 10.3. The molecule has 0 aromatic carbocycles. The fourth-order valence-corrected chi connectivity index (χ4v) is 3.04. The quantitative estimate of drug-likeness (QED) is 0.853. The number of rotatable bonds is 4. The van der Waals surface area contributed by atoms with Crippen molar-refractivity contribution in [3.05, 3.63) is 41.6 Å². The van der Waals surface area contributed by atoms with Crippen molar-refractivity contribution in [3.63, 3.8) is 0 Å². The largest absolute Gasteiger partial charge is 0.324 e. The molecular formula is C11H13ClN4O2S. The smallest absolute Gasteiger partial charge is 0.263 e. The topological polar surface area (TPSA) is 68.1 Å². The minimum Gasteiger partial charge on any atom is -0.324 e. The molecule has 0 spiro atoms. The van der Waals surface area contributed by atoms with Crippen LogP contribution >= 0.6 is 11.6 Å². The van der Waals surface area contributed by atoms with E-state index < -0.39 is 10.0 Å². The van der Waals surface area contributed by atoms with E-state index in [2.05, 4.69) is 9.97 Å². The Kier molecular flexibility index (Phi) is 3.88. The molecule has 0 aliphatic carbocycles. The Morgan fingerprint density at radius 3 is 2.63 bits per heavy atom. The van der Waals surface area contributed by atoms with Gasteiger partial charge in [-0.05, 0) is 12.1 Å². The highest BCUT2D eigenvalue weighted by atomic mass is 35.5. The van der Waals surface area contributed by atoms with E-state index in [0.29, 0.717) is 5.69 Å². The number of halogens is 1. The van der Waals surface area contributed by atoms with Crippen LogP contribution in [0.5, 0.6) is 0 Å². The molecule has 8 heteroatoms. The first-order valence-corrected chi connectivity index (χ1v) is 7.28. The fraction of sp³-hybridized carbons (Fsp3) is 0.273. The first-order chi connectivity index (χ1) is 8.93. The molecule has 2 aromatic heterocycles. The summed E-state index contributed by atoms with van der Waals surface area (Å²) in [6.07, 6.45) is 2.98. The molecule has 0 saturated carbocycles. The summed E-state index contributed by atoms with van der Waals surface area (Å²) in [4.78, 5) is 7.92. The zero-order chi connectivity index (χ0) is 14.0. The van der Waals surface area contributed by atoms with Crippen LogP contribution in [0.3, 0.4) is 0 Å². The number of nitrogens with zero attached hydrogens (tertiary/aromatic N) is 4. The third kappa shape index (κ3) is 2.78. The van der Waals surface area contributed by atoms with Crippen molar-refractivity contribution < 1.29 is 8.42 Å². The van der Waals surface area contributed by atoms with Crippen LogP contribution in [-0.4, -0.2) is 34.3 Å². The SMILES string of the molecule is CN(Cc1ccccn1)S(=O)(=O)c1ncn(C)c1Cl. The minimum atomic E-state index is -3.72. The Balaban J connectivity index is 2.28. The standard InChI is InChI=1S/C11H13ClN4O2S/c1-15-8-14-11(10(15)12)19(17,18)16(2)7-9-5-3-4-6-13-9/h3-6,8H,7H2,1-2H3. The maximum absolute atomic E-state index is 12.3. The highest BCUT2D eigenvalue weighted by Crippen LogP contribution is 2.22. The van der Waals surface area contributed by atoms with Gasteiger partial charge in [0, 0.05) is 20.3 Å². The van der Waals surface area contributed by atoms with Crippen LogP contribution in [0.25, 0.3) is 0 Å². The Bertz CT molecular complexity index is 669. The normalized spacial score (nSPS) is 12.0.